The Morgan fingerprint density at radius 1 is 1.38 bits per heavy atom. The van der Waals surface area contributed by atoms with Crippen LogP contribution in [0.4, 0.5) is 0 Å². The molecule has 2 heteroatoms. The Morgan fingerprint density at radius 2 is 2.00 bits per heavy atom. The van der Waals surface area contributed by atoms with E-state index in [4.69, 9.17) is 0 Å². The molecule has 16 heavy (non-hydrogen) atoms. The largest absolute Gasteiger partial charge is 0.145 e. The summed E-state index contributed by atoms with van der Waals surface area (Å²) >= 11 is 0. The molecule has 0 aromatic heterocycles. The average Bonchev–Trinajstić information content (AvgIpc) is 2.16. The van der Waals surface area contributed by atoms with Gasteiger partial charge >= 0.3 is 0 Å². The lowest BCUT2D eigenvalue weighted by molar-refractivity contribution is 0.0973. The van der Waals surface area contributed by atoms with Crippen molar-refractivity contribution in [3.05, 3.63) is 16.7 Å². The third-order valence-corrected chi connectivity index (χ3v) is 3.77. The van der Waals surface area contributed by atoms with E-state index in [0.29, 0.717) is 17.3 Å². The first-order valence-corrected chi connectivity index (χ1v) is 6.38. The van der Waals surface area contributed by atoms with Crippen LogP contribution in [0.25, 0.3) is 0 Å². The summed E-state index contributed by atoms with van der Waals surface area (Å²) in [5.41, 5.74) is 1.10. The monoisotopic (exact) mass is 223 g/mol. The third kappa shape index (κ3) is 3.16. The SMILES string of the molecule is CC(C)C(C1CC=C(N=O)CC1)C(C)(C)C. The summed E-state index contributed by atoms with van der Waals surface area (Å²) < 4.78 is 0. The molecule has 2 unspecified atom stereocenters. The molecule has 0 fully saturated rings. The van der Waals surface area contributed by atoms with E-state index in [-0.39, 0.29) is 0 Å². The average molecular weight is 223 g/mol. The first kappa shape index (κ1) is 13.4. The third-order valence-electron chi connectivity index (χ3n) is 3.77. The summed E-state index contributed by atoms with van der Waals surface area (Å²) in [4.78, 5) is 10.4. The highest BCUT2D eigenvalue weighted by Gasteiger charge is 2.34. The van der Waals surface area contributed by atoms with Crippen molar-refractivity contribution in [2.45, 2.75) is 53.9 Å². The van der Waals surface area contributed by atoms with Gasteiger partial charge in [-0.05, 0) is 47.6 Å². The fourth-order valence-electron chi connectivity index (χ4n) is 3.50. The van der Waals surface area contributed by atoms with Crippen molar-refractivity contribution in [1.29, 1.82) is 0 Å². The van der Waals surface area contributed by atoms with Gasteiger partial charge in [-0.1, -0.05) is 40.7 Å². The van der Waals surface area contributed by atoms with Crippen molar-refractivity contribution >= 4 is 0 Å². The predicted octanol–water partition coefficient (Wildman–Crippen LogP) is 4.76. The molecule has 0 spiro atoms. The maximum absolute atomic E-state index is 10.4. The van der Waals surface area contributed by atoms with Crippen LogP contribution in [0, 0.1) is 28.1 Å². The smallest absolute Gasteiger partial charge is 0.0809 e. The van der Waals surface area contributed by atoms with E-state index in [1.807, 2.05) is 6.08 Å². The van der Waals surface area contributed by atoms with E-state index in [1.165, 1.54) is 0 Å². The van der Waals surface area contributed by atoms with Crippen molar-refractivity contribution < 1.29 is 0 Å². The second-order valence-electron chi connectivity index (χ2n) is 6.46. The van der Waals surface area contributed by atoms with Crippen LogP contribution in [-0.2, 0) is 0 Å². The Balaban J connectivity index is 2.76. The molecule has 0 bridgehead atoms. The second kappa shape index (κ2) is 5.11. The quantitative estimate of drug-likeness (QED) is 0.634. The van der Waals surface area contributed by atoms with Gasteiger partial charge in [-0.15, -0.1) is 4.91 Å². The van der Waals surface area contributed by atoms with E-state index in [0.717, 1.165) is 30.9 Å². The van der Waals surface area contributed by atoms with Crippen LogP contribution in [0.1, 0.15) is 53.9 Å². The molecule has 0 heterocycles. The Hall–Kier alpha value is -0.660. The lowest BCUT2D eigenvalue weighted by atomic mass is 9.64. The maximum Gasteiger partial charge on any atom is 0.0809 e. The van der Waals surface area contributed by atoms with Gasteiger partial charge in [-0.2, -0.15) is 0 Å². The molecule has 0 saturated heterocycles. The Kier molecular flexibility index (Phi) is 4.28. The number of nitroso groups, excluding NO2 is 1. The van der Waals surface area contributed by atoms with Crippen LogP contribution in [-0.4, -0.2) is 0 Å². The van der Waals surface area contributed by atoms with Crippen molar-refractivity contribution in [2.24, 2.45) is 28.3 Å². The molecule has 0 radical (unpaired) electrons. The molecule has 0 amide bonds. The van der Waals surface area contributed by atoms with E-state index < -0.39 is 0 Å². The Labute approximate surface area is 99.5 Å². The highest BCUT2D eigenvalue weighted by molar-refractivity contribution is 5.06. The number of hydrogen-bond acceptors (Lipinski definition) is 2. The minimum Gasteiger partial charge on any atom is -0.145 e. The van der Waals surface area contributed by atoms with Gasteiger partial charge in [0.1, 0.15) is 0 Å². The molecule has 0 N–H and O–H groups in total. The molecule has 0 aliphatic heterocycles. The summed E-state index contributed by atoms with van der Waals surface area (Å²) in [7, 11) is 0. The summed E-state index contributed by atoms with van der Waals surface area (Å²) in [6, 6.07) is 0. The molecule has 92 valence electrons. The van der Waals surface area contributed by atoms with E-state index in [9.17, 15) is 4.91 Å². The molecule has 0 aromatic carbocycles. The number of allylic oxidation sites excluding steroid dienone is 2. The number of hydrogen-bond donors (Lipinski definition) is 0. The van der Waals surface area contributed by atoms with Gasteiger partial charge < -0.3 is 0 Å². The summed E-state index contributed by atoms with van der Waals surface area (Å²) in [5, 5.41) is 3.06. The zero-order valence-electron chi connectivity index (χ0n) is 11.3. The lowest BCUT2D eigenvalue weighted by Gasteiger charge is -2.41. The van der Waals surface area contributed by atoms with Crippen molar-refractivity contribution in [3.63, 3.8) is 0 Å². The summed E-state index contributed by atoms with van der Waals surface area (Å²) in [6.07, 6.45) is 5.06. The van der Waals surface area contributed by atoms with Gasteiger partial charge in [0.05, 0.1) is 5.70 Å². The zero-order chi connectivity index (χ0) is 12.3. The Morgan fingerprint density at radius 3 is 2.31 bits per heavy atom. The van der Waals surface area contributed by atoms with Gasteiger partial charge in [-0.25, -0.2) is 0 Å². The predicted molar refractivity (Wildman–Crippen MR) is 69.0 cm³/mol. The number of nitrogens with zero attached hydrogens (tertiary/aromatic N) is 1. The topological polar surface area (TPSA) is 29.4 Å². The maximum atomic E-state index is 10.4. The van der Waals surface area contributed by atoms with E-state index in [2.05, 4.69) is 39.8 Å². The Bertz CT molecular complexity index is 273. The van der Waals surface area contributed by atoms with Gasteiger partial charge in [0, 0.05) is 0 Å². The van der Waals surface area contributed by atoms with Crippen molar-refractivity contribution in [3.8, 4) is 0 Å². The first-order valence-electron chi connectivity index (χ1n) is 6.38. The first-order chi connectivity index (χ1) is 7.36. The standard InChI is InChI=1S/C14H25NO/c1-10(2)13(14(3,4)5)11-6-8-12(15-16)9-7-11/h8,10-11,13H,6-7,9H2,1-5H3. The molecule has 1 rings (SSSR count). The minimum absolute atomic E-state index is 0.346. The van der Waals surface area contributed by atoms with Crippen LogP contribution < -0.4 is 0 Å². The van der Waals surface area contributed by atoms with Gasteiger partial charge in [0.2, 0.25) is 0 Å². The lowest BCUT2D eigenvalue weighted by Crippen LogP contribution is -2.33. The molecular formula is C14H25NO. The van der Waals surface area contributed by atoms with Crippen molar-refractivity contribution in [1.82, 2.24) is 0 Å². The van der Waals surface area contributed by atoms with Crippen molar-refractivity contribution in [2.75, 3.05) is 0 Å². The zero-order valence-corrected chi connectivity index (χ0v) is 11.3. The van der Waals surface area contributed by atoms with Crippen LogP contribution in [0.3, 0.4) is 0 Å². The molecule has 1 aliphatic carbocycles. The van der Waals surface area contributed by atoms with Gasteiger partial charge in [0.15, 0.2) is 0 Å². The molecule has 1 aliphatic rings. The number of rotatable bonds is 3. The molecule has 0 saturated carbocycles. The fraction of sp³-hybridized carbons (Fsp3) is 0.857. The molecule has 0 aromatic rings. The van der Waals surface area contributed by atoms with Gasteiger partial charge in [-0.3, -0.25) is 0 Å². The van der Waals surface area contributed by atoms with Crippen LogP contribution in [0.15, 0.2) is 16.9 Å². The van der Waals surface area contributed by atoms with Crippen LogP contribution in [0.5, 0.6) is 0 Å². The second-order valence-corrected chi connectivity index (χ2v) is 6.46. The van der Waals surface area contributed by atoms with E-state index >= 15 is 0 Å². The van der Waals surface area contributed by atoms with E-state index in [1.54, 1.807) is 0 Å². The normalized spacial score (nSPS) is 24.1. The fourth-order valence-corrected chi connectivity index (χ4v) is 3.50. The summed E-state index contributed by atoms with van der Waals surface area (Å²) in [6.45, 7) is 11.6. The van der Waals surface area contributed by atoms with Gasteiger partial charge in [0.25, 0.3) is 0 Å². The van der Waals surface area contributed by atoms with Crippen LogP contribution >= 0.6 is 0 Å². The summed E-state index contributed by atoms with van der Waals surface area (Å²) in [5.74, 6) is 2.13. The van der Waals surface area contributed by atoms with Crippen LogP contribution in [0.2, 0.25) is 0 Å². The molecule has 2 nitrogen and oxygen atoms in total. The minimum atomic E-state index is 0.346. The molecule has 2 atom stereocenters. The molecular weight excluding hydrogens is 198 g/mol. The highest BCUT2D eigenvalue weighted by atomic mass is 16.3. The highest BCUT2D eigenvalue weighted by Crippen LogP contribution is 2.43.